The molecule has 124 valence electrons. The number of hydrogen-bond acceptors (Lipinski definition) is 5. The Hall–Kier alpha value is -1.87. The zero-order valence-corrected chi connectivity index (χ0v) is 15.0. The Morgan fingerprint density at radius 1 is 1.39 bits per heavy atom. The molecule has 1 aromatic carbocycles. The number of benzene rings is 1. The standard InChI is InChI=1S/C14H16BrN3O4S/c1-3-18-13(10(15)8-16-18)14(20)17-11-7-9(5-6-12(11)19)23(21,22)4-2/h5-8,19H,3-4H2,1-2H3,(H,17,20). The molecule has 0 bridgehead atoms. The molecule has 0 fully saturated rings. The number of hydrogen-bond donors (Lipinski definition) is 2. The molecule has 2 rings (SSSR count). The second kappa shape index (κ2) is 6.71. The molecule has 23 heavy (non-hydrogen) atoms. The van der Waals surface area contributed by atoms with Crippen LogP contribution in [0.5, 0.6) is 5.75 Å². The molecule has 2 N–H and O–H groups in total. The van der Waals surface area contributed by atoms with Gasteiger partial charge in [0.2, 0.25) is 0 Å². The van der Waals surface area contributed by atoms with Gasteiger partial charge in [-0.2, -0.15) is 5.10 Å². The number of amides is 1. The van der Waals surface area contributed by atoms with Crippen LogP contribution in [0, 0.1) is 0 Å². The molecule has 0 unspecified atom stereocenters. The molecule has 0 radical (unpaired) electrons. The van der Waals surface area contributed by atoms with Gasteiger partial charge in [0, 0.05) is 6.54 Å². The SMILES string of the molecule is CCn1ncc(Br)c1C(=O)Nc1cc(S(=O)(=O)CC)ccc1O. The molecule has 0 saturated heterocycles. The highest BCUT2D eigenvalue weighted by atomic mass is 79.9. The summed E-state index contributed by atoms with van der Waals surface area (Å²) in [7, 11) is -3.44. The molecule has 1 heterocycles. The van der Waals surface area contributed by atoms with Crippen LogP contribution in [-0.2, 0) is 16.4 Å². The number of anilines is 1. The molecule has 1 amide bonds. The molecule has 0 aliphatic rings. The van der Waals surface area contributed by atoms with Crippen LogP contribution in [0.4, 0.5) is 5.69 Å². The van der Waals surface area contributed by atoms with Crippen LogP contribution in [0.1, 0.15) is 24.3 Å². The minimum atomic E-state index is -3.44. The van der Waals surface area contributed by atoms with Crippen LogP contribution < -0.4 is 5.32 Å². The summed E-state index contributed by atoms with van der Waals surface area (Å²) in [5, 5.41) is 16.4. The summed E-state index contributed by atoms with van der Waals surface area (Å²) in [4.78, 5) is 12.4. The van der Waals surface area contributed by atoms with Gasteiger partial charge in [0.15, 0.2) is 9.84 Å². The summed E-state index contributed by atoms with van der Waals surface area (Å²) >= 11 is 3.25. The van der Waals surface area contributed by atoms with Crippen LogP contribution in [0.25, 0.3) is 0 Å². The number of aromatic hydroxyl groups is 1. The van der Waals surface area contributed by atoms with Crippen LogP contribution in [0.2, 0.25) is 0 Å². The van der Waals surface area contributed by atoms with Crippen LogP contribution >= 0.6 is 15.9 Å². The van der Waals surface area contributed by atoms with Gasteiger partial charge >= 0.3 is 0 Å². The average Bonchev–Trinajstić information content (AvgIpc) is 2.90. The van der Waals surface area contributed by atoms with Crippen molar-refractivity contribution in [1.82, 2.24) is 9.78 Å². The molecule has 0 atom stereocenters. The average molecular weight is 402 g/mol. The first kappa shape index (κ1) is 17.5. The predicted octanol–water partition coefficient (Wildman–Crippen LogP) is 2.42. The Balaban J connectivity index is 2.38. The molecule has 0 spiro atoms. The van der Waals surface area contributed by atoms with Crippen LogP contribution in [0.15, 0.2) is 33.8 Å². The van der Waals surface area contributed by atoms with Gasteiger partial charge in [0.1, 0.15) is 11.4 Å². The van der Waals surface area contributed by atoms with Gasteiger partial charge in [-0.25, -0.2) is 8.42 Å². The predicted molar refractivity (Wildman–Crippen MR) is 89.4 cm³/mol. The molecule has 0 aliphatic heterocycles. The fraction of sp³-hybridized carbons (Fsp3) is 0.286. The largest absolute Gasteiger partial charge is 0.506 e. The van der Waals surface area contributed by atoms with Gasteiger partial charge in [-0.1, -0.05) is 6.92 Å². The van der Waals surface area contributed by atoms with E-state index in [0.29, 0.717) is 11.0 Å². The quantitative estimate of drug-likeness (QED) is 0.748. The van der Waals surface area contributed by atoms with Crippen molar-refractivity contribution in [2.75, 3.05) is 11.1 Å². The van der Waals surface area contributed by atoms with Gasteiger partial charge in [-0.3, -0.25) is 9.48 Å². The number of nitrogens with zero attached hydrogens (tertiary/aromatic N) is 2. The summed E-state index contributed by atoms with van der Waals surface area (Å²) in [6.07, 6.45) is 1.50. The van der Waals surface area contributed by atoms with E-state index < -0.39 is 15.7 Å². The number of rotatable bonds is 5. The zero-order chi connectivity index (χ0) is 17.2. The maximum Gasteiger partial charge on any atom is 0.275 e. The Labute approximate surface area is 142 Å². The number of aryl methyl sites for hydroxylation is 1. The van der Waals surface area contributed by atoms with E-state index in [9.17, 15) is 18.3 Å². The minimum Gasteiger partial charge on any atom is -0.506 e. The number of sulfone groups is 1. The van der Waals surface area contributed by atoms with Crippen molar-refractivity contribution in [3.8, 4) is 5.75 Å². The third-order valence-electron chi connectivity index (χ3n) is 3.26. The third kappa shape index (κ3) is 3.56. The lowest BCUT2D eigenvalue weighted by molar-refractivity contribution is 0.101. The minimum absolute atomic E-state index is 0.0280. The highest BCUT2D eigenvalue weighted by molar-refractivity contribution is 9.10. The van der Waals surface area contributed by atoms with E-state index in [1.807, 2.05) is 6.92 Å². The molecular formula is C14H16BrN3O4S. The van der Waals surface area contributed by atoms with E-state index in [4.69, 9.17) is 0 Å². The van der Waals surface area contributed by atoms with E-state index in [2.05, 4.69) is 26.3 Å². The van der Waals surface area contributed by atoms with Crippen LogP contribution in [-0.4, -0.2) is 35.0 Å². The number of carbonyl (C=O) groups excluding carboxylic acids is 1. The summed E-state index contributed by atoms with van der Waals surface area (Å²) in [5.74, 6) is -0.788. The van der Waals surface area contributed by atoms with E-state index >= 15 is 0 Å². The van der Waals surface area contributed by atoms with Gasteiger partial charge in [-0.15, -0.1) is 0 Å². The second-order valence-corrected chi connectivity index (χ2v) is 7.83. The van der Waals surface area contributed by atoms with Crippen molar-refractivity contribution in [3.05, 3.63) is 34.6 Å². The van der Waals surface area contributed by atoms with Crippen molar-refractivity contribution in [1.29, 1.82) is 0 Å². The number of phenolic OH excluding ortho intramolecular Hbond substituents is 1. The molecule has 2 aromatic rings. The Morgan fingerprint density at radius 2 is 2.09 bits per heavy atom. The molecule has 1 aromatic heterocycles. The summed E-state index contributed by atoms with van der Waals surface area (Å²) in [6.45, 7) is 3.85. The first-order chi connectivity index (χ1) is 10.8. The van der Waals surface area contributed by atoms with Crippen LogP contribution in [0.3, 0.4) is 0 Å². The molecular weight excluding hydrogens is 386 g/mol. The zero-order valence-electron chi connectivity index (χ0n) is 12.6. The normalized spacial score (nSPS) is 11.4. The molecule has 9 heteroatoms. The summed E-state index contributed by atoms with van der Waals surface area (Å²) < 4.78 is 25.8. The maximum absolute atomic E-state index is 12.4. The molecule has 7 nitrogen and oxygen atoms in total. The third-order valence-corrected chi connectivity index (χ3v) is 5.58. The number of carbonyl (C=O) groups is 1. The Bertz CT molecular complexity index is 846. The first-order valence-corrected chi connectivity index (χ1v) is 9.33. The highest BCUT2D eigenvalue weighted by Crippen LogP contribution is 2.28. The van der Waals surface area contributed by atoms with Crippen molar-refractivity contribution in [2.45, 2.75) is 25.3 Å². The number of nitrogens with one attached hydrogen (secondary N) is 1. The van der Waals surface area contributed by atoms with Crippen molar-refractivity contribution >= 4 is 37.4 Å². The lowest BCUT2D eigenvalue weighted by Gasteiger charge is -2.11. The van der Waals surface area contributed by atoms with Crippen molar-refractivity contribution in [3.63, 3.8) is 0 Å². The lowest BCUT2D eigenvalue weighted by Crippen LogP contribution is -2.18. The topological polar surface area (TPSA) is 101 Å². The van der Waals surface area contributed by atoms with E-state index in [1.54, 1.807) is 0 Å². The summed E-state index contributed by atoms with van der Waals surface area (Å²) in [5.41, 5.74) is 0.316. The van der Waals surface area contributed by atoms with Crippen molar-refractivity contribution in [2.24, 2.45) is 0 Å². The fourth-order valence-corrected chi connectivity index (χ4v) is 3.37. The van der Waals surface area contributed by atoms with Gasteiger partial charge in [-0.05, 0) is 41.1 Å². The van der Waals surface area contributed by atoms with Gasteiger partial charge in [0.25, 0.3) is 5.91 Å². The van der Waals surface area contributed by atoms with E-state index in [-0.39, 0.29) is 27.8 Å². The highest BCUT2D eigenvalue weighted by Gasteiger charge is 2.19. The lowest BCUT2D eigenvalue weighted by atomic mass is 10.2. The second-order valence-electron chi connectivity index (χ2n) is 4.69. The fourth-order valence-electron chi connectivity index (χ4n) is 1.98. The smallest absolute Gasteiger partial charge is 0.275 e. The Kier molecular flexibility index (Phi) is 5.10. The molecule has 0 aliphatic carbocycles. The number of aromatic nitrogens is 2. The van der Waals surface area contributed by atoms with Gasteiger partial charge < -0.3 is 10.4 Å². The monoisotopic (exact) mass is 401 g/mol. The van der Waals surface area contributed by atoms with Gasteiger partial charge in [0.05, 0.1) is 27.0 Å². The first-order valence-electron chi connectivity index (χ1n) is 6.88. The van der Waals surface area contributed by atoms with E-state index in [0.717, 1.165) is 0 Å². The van der Waals surface area contributed by atoms with E-state index in [1.165, 1.54) is 36.0 Å². The number of halogens is 1. The Morgan fingerprint density at radius 3 is 2.70 bits per heavy atom. The molecule has 0 saturated carbocycles. The van der Waals surface area contributed by atoms with Crippen molar-refractivity contribution < 1.29 is 18.3 Å². The summed E-state index contributed by atoms with van der Waals surface area (Å²) in [6, 6.07) is 3.78. The maximum atomic E-state index is 12.4. The number of phenols is 1.